The molecule has 178 valence electrons. The summed E-state index contributed by atoms with van der Waals surface area (Å²) in [6.07, 6.45) is 10.1. The summed E-state index contributed by atoms with van der Waals surface area (Å²) in [5, 5.41) is 3.75. The van der Waals surface area contributed by atoms with Crippen LogP contribution >= 0.6 is 11.6 Å². The lowest BCUT2D eigenvalue weighted by molar-refractivity contribution is 0.182. The zero-order valence-electron chi connectivity index (χ0n) is 19.3. The zero-order chi connectivity index (χ0) is 23.6. The molecule has 0 spiro atoms. The Kier molecular flexibility index (Phi) is 7.14. The van der Waals surface area contributed by atoms with Crippen LogP contribution in [0, 0.1) is 0 Å². The Morgan fingerprint density at radius 2 is 1.85 bits per heavy atom. The van der Waals surface area contributed by atoms with Crippen LogP contribution < -0.4 is 10.2 Å². The second-order valence-electron chi connectivity index (χ2n) is 8.90. The van der Waals surface area contributed by atoms with E-state index in [9.17, 15) is 8.42 Å². The molecule has 4 rings (SSSR count). The highest BCUT2D eigenvalue weighted by Gasteiger charge is 2.31. The number of hydrogen-bond acceptors (Lipinski definition) is 7. The predicted octanol–water partition coefficient (Wildman–Crippen LogP) is 4.15. The molecule has 2 aromatic rings. The molecule has 0 amide bonds. The molecule has 2 fully saturated rings. The molecule has 1 N–H and O–H groups in total. The molecule has 2 aliphatic rings. The molecule has 0 saturated carbocycles. The third kappa shape index (κ3) is 5.44. The number of nitrogens with zero attached hydrogens (tertiary/aromatic N) is 4. The fourth-order valence-corrected chi connectivity index (χ4v) is 6.04. The van der Waals surface area contributed by atoms with E-state index in [0.29, 0.717) is 6.04 Å². The normalized spacial score (nSPS) is 20.2. The molecular formula is C24H32ClN5O2S. The van der Waals surface area contributed by atoms with Crippen LogP contribution in [0.25, 0.3) is 0 Å². The van der Waals surface area contributed by atoms with Gasteiger partial charge in [0.2, 0.25) is 5.95 Å². The van der Waals surface area contributed by atoms with Gasteiger partial charge in [0, 0.05) is 55.7 Å². The first kappa shape index (κ1) is 23.8. The quantitative estimate of drug-likeness (QED) is 0.652. The highest BCUT2D eigenvalue weighted by Crippen LogP contribution is 2.31. The lowest BCUT2D eigenvalue weighted by atomic mass is 9.95. The molecule has 0 radical (unpaired) electrons. The number of sulfone groups is 1. The Labute approximate surface area is 201 Å². The molecule has 7 nitrogen and oxygen atoms in total. The number of halogens is 1. The monoisotopic (exact) mass is 489 g/mol. The van der Waals surface area contributed by atoms with E-state index in [1.165, 1.54) is 6.26 Å². The summed E-state index contributed by atoms with van der Waals surface area (Å²) in [4.78, 5) is 13.9. The Morgan fingerprint density at radius 1 is 1.15 bits per heavy atom. The Balaban J connectivity index is 1.37. The van der Waals surface area contributed by atoms with Crippen molar-refractivity contribution in [1.82, 2.24) is 14.9 Å². The van der Waals surface area contributed by atoms with Crippen LogP contribution in [-0.4, -0.2) is 61.3 Å². The molecule has 3 heterocycles. The maximum Gasteiger partial charge on any atom is 0.225 e. The van der Waals surface area contributed by atoms with Crippen molar-refractivity contribution in [2.75, 3.05) is 36.1 Å². The third-order valence-corrected chi connectivity index (χ3v) is 8.20. The SMILES string of the molecule is C=C1[C@@H](Nc2ccc(S(C)(=O)=O)c(Cl)c2)CCCN1C1CCN(c2ncc(CC)cn2)CC1. The van der Waals surface area contributed by atoms with E-state index >= 15 is 0 Å². The van der Waals surface area contributed by atoms with Crippen molar-refractivity contribution in [3.8, 4) is 0 Å². The maximum absolute atomic E-state index is 11.8. The first-order valence-electron chi connectivity index (χ1n) is 11.5. The van der Waals surface area contributed by atoms with Crippen LogP contribution in [-0.2, 0) is 16.3 Å². The van der Waals surface area contributed by atoms with Gasteiger partial charge < -0.3 is 15.1 Å². The average Bonchev–Trinajstić information content (AvgIpc) is 2.80. The third-order valence-electron chi connectivity index (χ3n) is 6.62. The summed E-state index contributed by atoms with van der Waals surface area (Å²) < 4.78 is 23.7. The van der Waals surface area contributed by atoms with Gasteiger partial charge in [-0.05, 0) is 55.9 Å². The molecule has 1 atom stereocenters. The number of likely N-dealkylation sites (tertiary alicyclic amines) is 1. The molecule has 1 aromatic carbocycles. The van der Waals surface area contributed by atoms with Crippen LogP contribution in [0.4, 0.5) is 11.6 Å². The van der Waals surface area contributed by atoms with Crippen molar-refractivity contribution in [1.29, 1.82) is 0 Å². The second-order valence-corrected chi connectivity index (χ2v) is 11.3. The number of rotatable bonds is 6. The average molecular weight is 490 g/mol. The number of aromatic nitrogens is 2. The van der Waals surface area contributed by atoms with Gasteiger partial charge in [0.1, 0.15) is 0 Å². The number of hydrogen-bond donors (Lipinski definition) is 1. The van der Waals surface area contributed by atoms with E-state index in [-0.39, 0.29) is 16.0 Å². The number of anilines is 2. The van der Waals surface area contributed by atoms with Gasteiger partial charge in [-0.25, -0.2) is 18.4 Å². The van der Waals surface area contributed by atoms with Crippen molar-refractivity contribution in [2.24, 2.45) is 0 Å². The molecule has 2 aliphatic heterocycles. The fourth-order valence-electron chi connectivity index (χ4n) is 4.71. The van der Waals surface area contributed by atoms with Crippen molar-refractivity contribution in [3.05, 3.63) is 53.5 Å². The van der Waals surface area contributed by atoms with Gasteiger partial charge in [0.25, 0.3) is 0 Å². The van der Waals surface area contributed by atoms with Gasteiger partial charge in [-0.3, -0.25) is 0 Å². The van der Waals surface area contributed by atoms with Gasteiger partial charge in [0.05, 0.1) is 16.0 Å². The lowest BCUT2D eigenvalue weighted by Crippen LogP contribution is -2.49. The van der Waals surface area contributed by atoms with Crippen molar-refractivity contribution in [3.63, 3.8) is 0 Å². The summed E-state index contributed by atoms with van der Waals surface area (Å²) in [6.45, 7) is 9.40. The molecule has 2 saturated heterocycles. The van der Waals surface area contributed by atoms with Crippen molar-refractivity contribution in [2.45, 2.75) is 56.0 Å². The minimum Gasteiger partial charge on any atom is -0.377 e. The minimum absolute atomic E-state index is 0.0989. The van der Waals surface area contributed by atoms with E-state index in [0.717, 1.165) is 74.6 Å². The smallest absolute Gasteiger partial charge is 0.225 e. The molecule has 1 aromatic heterocycles. The van der Waals surface area contributed by atoms with E-state index in [1.807, 2.05) is 12.4 Å². The maximum atomic E-state index is 11.8. The fraction of sp³-hybridized carbons (Fsp3) is 0.500. The van der Waals surface area contributed by atoms with E-state index < -0.39 is 9.84 Å². The van der Waals surface area contributed by atoms with Gasteiger partial charge in [-0.2, -0.15) is 0 Å². The molecule has 0 aliphatic carbocycles. The number of nitrogens with one attached hydrogen (secondary N) is 1. The largest absolute Gasteiger partial charge is 0.377 e. The topological polar surface area (TPSA) is 78.4 Å². The highest BCUT2D eigenvalue weighted by molar-refractivity contribution is 7.90. The summed E-state index contributed by atoms with van der Waals surface area (Å²) in [7, 11) is -3.34. The van der Waals surface area contributed by atoms with Gasteiger partial charge in [-0.15, -0.1) is 0 Å². The predicted molar refractivity (Wildman–Crippen MR) is 134 cm³/mol. The van der Waals surface area contributed by atoms with Crippen LogP contribution in [0.15, 0.2) is 47.8 Å². The Morgan fingerprint density at radius 3 is 2.45 bits per heavy atom. The van der Waals surface area contributed by atoms with Crippen LogP contribution in [0.5, 0.6) is 0 Å². The second kappa shape index (κ2) is 9.89. The summed E-state index contributed by atoms with van der Waals surface area (Å²) in [6, 6.07) is 5.57. The van der Waals surface area contributed by atoms with Crippen molar-refractivity contribution < 1.29 is 8.42 Å². The summed E-state index contributed by atoms with van der Waals surface area (Å²) in [5.74, 6) is 0.817. The number of benzene rings is 1. The molecule has 0 bridgehead atoms. The zero-order valence-corrected chi connectivity index (χ0v) is 20.9. The molecule has 33 heavy (non-hydrogen) atoms. The number of aryl methyl sites for hydroxylation is 1. The lowest BCUT2D eigenvalue weighted by Gasteiger charge is -2.45. The van der Waals surface area contributed by atoms with E-state index in [1.54, 1.807) is 18.2 Å². The van der Waals surface area contributed by atoms with Crippen LogP contribution in [0.2, 0.25) is 5.02 Å². The van der Waals surface area contributed by atoms with Gasteiger partial charge in [0.15, 0.2) is 9.84 Å². The van der Waals surface area contributed by atoms with Crippen LogP contribution in [0.3, 0.4) is 0 Å². The molecule has 0 unspecified atom stereocenters. The highest BCUT2D eigenvalue weighted by atomic mass is 35.5. The summed E-state index contributed by atoms with van der Waals surface area (Å²) in [5.41, 5.74) is 3.05. The minimum atomic E-state index is -3.34. The summed E-state index contributed by atoms with van der Waals surface area (Å²) >= 11 is 6.23. The Bertz CT molecular complexity index is 1100. The van der Waals surface area contributed by atoms with E-state index in [2.05, 4.69) is 38.6 Å². The standard InChI is InChI=1S/C24H32ClN5O2S/c1-4-18-15-26-24(27-16-18)29-12-9-20(10-13-29)30-11-5-6-22(17(30)2)28-19-7-8-23(21(25)14-19)33(3,31)32/h7-8,14-16,20,22,28H,2,4-6,9-13H2,1,3H3/t22-/m0/s1. The molecule has 9 heteroatoms. The van der Waals surface area contributed by atoms with Crippen LogP contribution in [0.1, 0.15) is 38.2 Å². The first-order valence-corrected chi connectivity index (χ1v) is 13.8. The van der Waals surface area contributed by atoms with Crippen molar-refractivity contribution >= 4 is 33.1 Å². The van der Waals surface area contributed by atoms with E-state index in [4.69, 9.17) is 11.6 Å². The molecular weight excluding hydrogens is 458 g/mol. The van der Waals surface area contributed by atoms with Gasteiger partial charge >= 0.3 is 0 Å². The first-order chi connectivity index (χ1) is 15.8. The number of piperidine rings is 2. The van der Waals surface area contributed by atoms with Gasteiger partial charge in [-0.1, -0.05) is 25.1 Å². The Hall–Kier alpha value is -2.32.